The second-order valence-corrected chi connectivity index (χ2v) is 7.96. The molecule has 0 spiro atoms. The van der Waals surface area contributed by atoms with Crippen LogP contribution in [0.1, 0.15) is 71.6 Å². The van der Waals surface area contributed by atoms with E-state index in [9.17, 15) is 23.9 Å². The number of hydrogen-bond acceptors (Lipinski definition) is 8. The maximum atomic E-state index is 12.0. The van der Waals surface area contributed by atoms with Crippen LogP contribution in [-0.4, -0.2) is 31.3 Å². The van der Waals surface area contributed by atoms with Gasteiger partial charge in [-0.05, 0) is 48.9 Å². The van der Waals surface area contributed by atoms with Crippen molar-refractivity contribution in [3.8, 4) is 47.4 Å². The monoisotopic (exact) mass is 522 g/mol. The molecule has 0 amide bonds. The summed E-state index contributed by atoms with van der Waals surface area (Å²) >= 11 is 0. The van der Waals surface area contributed by atoms with Crippen LogP contribution in [0.15, 0.2) is 0 Å². The van der Waals surface area contributed by atoms with Crippen molar-refractivity contribution in [3.63, 3.8) is 0 Å². The van der Waals surface area contributed by atoms with Crippen LogP contribution >= 0.6 is 7.82 Å². The third kappa shape index (κ3) is 29.4. The van der Waals surface area contributed by atoms with Crippen molar-refractivity contribution in [2.75, 3.05) is 13.2 Å². The fraction of sp³-hybridized carbons (Fsp3) is 0.583. The Morgan fingerprint density at radius 3 is 1.94 bits per heavy atom. The summed E-state index contributed by atoms with van der Waals surface area (Å²) in [6, 6.07) is 0. The van der Waals surface area contributed by atoms with Crippen LogP contribution in [0.25, 0.3) is 0 Å². The molecule has 11 heteroatoms. The topological polar surface area (TPSA) is 125 Å². The van der Waals surface area contributed by atoms with E-state index in [2.05, 4.69) is 58.8 Å². The van der Waals surface area contributed by atoms with Gasteiger partial charge in [0.1, 0.15) is 6.61 Å². The van der Waals surface area contributed by atoms with E-state index in [1.807, 2.05) is 0 Å². The Morgan fingerprint density at radius 1 is 0.829 bits per heavy atom. The Labute approximate surface area is 253 Å². The van der Waals surface area contributed by atoms with Gasteiger partial charge in [0.25, 0.3) is 0 Å². The van der Waals surface area contributed by atoms with E-state index in [0.717, 1.165) is 19.3 Å². The summed E-state index contributed by atoms with van der Waals surface area (Å²) in [6.45, 7) is 2.48. The molecule has 0 heterocycles. The number of ether oxygens (including phenoxy) is 2. The number of esters is 2. The third-order valence-corrected chi connectivity index (χ3v) is 4.42. The summed E-state index contributed by atoms with van der Waals surface area (Å²) in [6.07, 6.45) is 7.23. The summed E-state index contributed by atoms with van der Waals surface area (Å²) in [4.78, 5) is 45.1. The van der Waals surface area contributed by atoms with Crippen LogP contribution in [0.3, 0.4) is 0 Å². The molecule has 0 radical (unpaired) electrons. The van der Waals surface area contributed by atoms with Gasteiger partial charge in [0.2, 0.25) is 0 Å². The molecular formula is C24H29Na2O8P. The number of phosphoric acid groups is 1. The molecule has 0 fully saturated rings. The first-order valence-electron chi connectivity index (χ1n) is 10.7. The zero-order valence-electron chi connectivity index (χ0n) is 21.1. The smallest absolute Gasteiger partial charge is 0.790 e. The summed E-state index contributed by atoms with van der Waals surface area (Å²) in [7, 11) is -5.29. The van der Waals surface area contributed by atoms with Gasteiger partial charge >= 0.3 is 71.1 Å². The molecule has 0 aromatic carbocycles. The van der Waals surface area contributed by atoms with Crippen molar-refractivity contribution in [1.82, 2.24) is 0 Å². The van der Waals surface area contributed by atoms with E-state index in [-0.39, 0.29) is 65.5 Å². The van der Waals surface area contributed by atoms with Gasteiger partial charge in [0.05, 0.1) is 14.4 Å². The molecule has 0 rings (SSSR count). The molecule has 0 saturated heterocycles. The van der Waals surface area contributed by atoms with E-state index < -0.39 is 39.1 Å². The molecule has 0 aliphatic rings. The average molecular weight is 522 g/mol. The molecule has 0 aliphatic carbocycles. The first-order valence-corrected chi connectivity index (χ1v) is 12.2. The van der Waals surface area contributed by atoms with Gasteiger partial charge in [-0.25, -0.2) is 4.79 Å². The fourth-order valence-corrected chi connectivity index (χ4v) is 2.76. The molecule has 8 nitrogen and oxygen atoms in total. The Balaban J connectivity index is -0.00000512. The molecule has 0 aromatic rings. The van der Waals surface area contributed by atoms with Gasteiger partial charge in [-0.15, -0.1) is 0 Å². The van der Waals surface area contributed by atoms with Crippen LogP contribution in [0.5, 0.6) is 0 Å². The summed E-state index contributed by atoms with van der Waals surface area (Å²) in [5.74, 6) is 17.2. The quantitative estimate of drug-likeness (QED) is 0.0531. The first-order chi connectivity index (χ1) is 15.8. The molecule has 1 atom stereocenters. The van der Waals surface area contributed by atoms with Crippen LogP contribution < -0.4 is 68.9 Å². The van der Waals surface area contributed by atoms with E-state index in [4.69, 9.17) is 9.47 Å². The minimum absolute atomic E-state index is 0. The molecule has 35 heavy (non-hydrogen) atoms. The van der Waals surface area contributed by atoms with Crippen molar-refractivity contribution in [1.29, 1.82) is 0 Å². The van der Waals surface area contributed by atoms with E-state index in [1.165, 1.54) is 25.7 Å². The predicted molar refractivity (Wildman–Crippen MR) is 118 cm³/mol. The maximum Gasteiger partial charge on any atom is 1.00 e. The Hall–Kier alpha value is -0.710. The zero-order chi connectivity index (χ0) is 24.8. The average Bonchev–Trinajstić information content (AvgIpc) is 2.76. The molecule has 0 N–H and O–H groups in total. The number of unbranched alkanes of at least 4 members (excludes halogenated alkanes) is 7. The van der Waals surface area contributed by atoms with E-state index in [1.54, 1.807) is 6.92 Å². The summed E-state index contributed by atoms with van der Waals surface area (Å²) < 4.78 is 24.8. The fourth-order valence-electron chi connectivity index (χ4n) is 2.41. The number of rotatable bonds is 15. The van der Waals surface area contributed by atoms with E-state index >= 15 is 0 Å². The van der Waals surface area contributed by atoms with Gasteiger partial charge in [-0.3, -0.25) is 4.79 Å². The zero-order valence-corrected chi connectivity index (χ0v) is 26.0. The molecule has 0 saturated carbocycles. The van der Waals surface area contributed by atoms with Crippen molar-refractivity contribution in [2.24, 2.45) is 0 Å². The Morgan fingerprint density at radius 2 is 1.37 bits per heavy atom. The Kier molecular flexibility index (Phi) is 29.2. The third-order valence-electron chi connectivity index (χ3n) is 3.95. The SMILES string of the molecule is CC#CC#CC#CC#CC(=O)OC[C@H](COP(=O)([O-])[O-])OC(=O)CCCCCCCCCC.[Na+].[Na+]. The normalized spacial score (nSPS) is 9.94. The van der Waals surface area contributed by atoms with Crippen LogP contribution in [0.2, 0.25) is 0 Å². The Bertz CT molecular complexity index is 901. The standard InChI is InChI=1S/C24H31O8P.2Na/c1-3-5-7-9-11-13-15-17-19-24(26)32-22(21-31-33(27,28)29)20-30-23(25)18-16-14-12-10-8-6-4-2;;/h22H,3,5,7,9,11,13,15,17,19-21H2,1-2H3,(H2,27,28,29);;/q;2*+1/p-2/t22-;;/m1../s1. The van der Waals surface area contributed by atoms with E-state index in [0.29, 0.717) is 6.42 Å². The van der Waals surface area contributed by atoms with Crippen molar-refractivity contribution >= 4 is 19.8 Å². The minimum Gasteiger partial charge on any atom is -0.790 e. The second-order valence-electron chi connectivity index (χ2n) is 6.80. The maximum absolute atomic E-state index is 12.0. The first kappa shape index (κ1) is 38.8. The van der Waals surface area contributed by atoms with Gasteiger partial charge in [0, 0.05) is 12.3 Å². The summed E-state index contributed by atoms with van der Waals surface area (Å²) in [5, 5.41) is 0. The van der Waals surface area contributed by atoms with Crippen LogP contribution in [-0.2, 0) is 28.2 Å². The van der Waals surface area contributed by atoms with Gasteiger partial charge in [-0.2, -0.15) is 0 Å². The second kappa shape index (κ2) is 26.4. The van der Waals surface area contributed by atoms with Crippen molar-refractivity contribution in [2.45, 2.75) is 77.7 Å². The number of carbonyl (C=O) groups excluding carboxylic acids is 2. The molecular weight excluding hydrogens is 493 g/mol. The molecule has 0 unspecified atom stereocenters. The van der Waals surface area contributed by atoms with Gasteiger partial charge in [0.15, 0.2) is 6.10 Å². The largest absolute Gasteiger partial charge is 1.00 e. The summed E-state index contributed by atoms with van der Waals surface area (Å²) in [5.41, 5.74) is 0. The number of phosphoric ester groups is 1. The minimum atomic E-state index is -5.29. The van der Waals surface area contributed by atoms with Crippen molar-refractivity contribution in [3.05, 3.63) is 0 Å². The molecule has 180 valence electrons. The van der Waals surface area contributed by atoms with Crippen molar-refractivity contribution < 1.29 is 97.1 Å². The molecule has 0 aliphatic heterocycles. The number of carbonyl (C=O) groups is 2. The van der Waals surface area contributed by atoms with Crippen LogP contribution in [0.4, 0.5) is 0 Å². The molecule has 0 bridgehead atoms. The van der Waals surface area contributed by atoms with Gasteiger partial charge < -0.3 is 28.3 Å². The predicted octanol–water partition coefficient (Wildman–Crippen LogP) is -4.14. The van der Waals surface area contributed by atoms with Gasteiger partial charge in [-0.1, -0.05) is 57.8 Å². The molecule has 0 aromatic heterocycles. The number of hydrogen-bond donors (Lipinski definition) is 0. The van der Waals surface area contributed by atoms with Crippen LogP contribution in [0, 0.1) is 47.4 Å².